The third-order valence-corrected chi connectivity index (χ3v) is 2.80. The first-order valence-electron chi connectivity index (χ1n) is 5.52. The van der Waals surface area contributed by atoms with Gasteiger partial charge in [-0.3, -0.25) is 0 Å². The van der Waals surface area contributed by atoms with E-state index in [1.807, 2.05) is 0 Å². The van der Waals surface area contributed by atoms with E-state index in [0.29, 0.717) is 17.4 Å². The van der Waals surface area contributed by atoms with Crippen molar-refractivity contribution in [1.82, 2.24) is 9.97 Å². The average Bonchev–Trinajstić information content (AvgIpc) is 2.27. The van der Waals surface area contributed by atoms with Gasteiger partial charge in [0.25, 0.3) is 0 Å². The van der Waals surface area contributed by atoms with E-state index >= 15 is 0 Å². The van der Waals surface area contributed by atoms with Crippen LogP contribution in [-0.4, -0.2) is 23.1 Å². The van der Waals surface area contributed by atoms with Crippen LogP contribution in [0.1, 0.15) is 27.7 Å². The van der Waals surface area contributed by atoms with Crippen LogP contribution in [0.5, 0.6) is 5.75 Å². The number of nitrogens with zero attached hydrogens (tertiary/aromatic N) is 2. The Kier molecular flexibility index (Phi) is 4.11. The maximum atomic E-state index is 5.36. The monoisotopic (exact) mass is 239 g/mol. The van der Waals surface area contributed by atoms with Crippen molar-refractivity contribution in [2.45, 2.75) is 33.7 Å². The lowest BCUT2D eigenvalue weighted by molar-refractivity contribution is 0.355. The first-order chi connectivity index (χ1) is 7.90. The molecule has 0 aliphatic heterocycles. The molecule has 0 aliphatic carbocycles. The normalized spacial score (nSPS) is 13.1. The van der Waals surface area contributed by atoms with Gasteiger partial charge in [-0.1, -0.05) is 20.8 Å². The van der Waals surface area contributed by atoms with Crippen LogP contribution in [0.3, 0.4) is 0 Å². The molecule has 0 bridgehead atoms. The summed E-state index contributed by atoms with van der Waals surface area (Å²) in [6.07, 6.45) is 1.44. The Bertz CT molecular complexity index is 375. The van der Waals surface area contributed by atoms with Gasteiger partial charge in [-0.15, -0.1) is 0 Å². The van der Waals surface area contributed by atoms with Gasteiger partial charge in [0, 0.05) is 6.04 Å². The summed E-state index contributed by atoms with van der Waals surface area (Å²) >= 11 is 0. The molecule has 0 fully saturated rings. The van der Waals surface area contributed by atoms with Crippen LogP contribution in [0.4, 0.5) is 11.6 Å². The molecule has 1 aromatic rings. The highest BCUT2D eigenvalue weighted by atomic mass is 16.5. The number of methoxy groups -OCH3 is 1. The van der Waals surface area contributed by atoms with E-state index in [-0.39, 0.29) is 11.5 Å². The number of nitrogen functional groups attached to an aromatic ring is 1. The van der Waals surface area contributed by atoms with E-state index < -0.39 is 0 Å². The van der Waals surface area contributed by atoms with Gasteiger partial charge >= 0.3 is 0 Å². The van der Waals surface area contributed by atoms with Gasteiger partial charge in [0.15, 0.2) is 11.6 Å². The quantitative estimate of drug-likeness (QED) is 0.547. The van der Waals surface area contributed by atoms with Crippen LogP contribution in [0, 0.1) is 5.41 Å². The third kappa shape index (κ3) is 3.20. The Morgan fingerprint density at radius 3 is 2.35 bits per heavy atom. The Labute approximate surface area is 102 Å². The fourth-order valence-corrected chi connectivity index (χ4v) is 1.19. The van der Waals surface area contributed by atoms with E-state index in [0.717, 1.165) is 0 Å². The maximum Gasteiger partial charge on any atom is 0.205 e. The van der Waals surface area contributed by atoms with Crippen molar-refractivity contribution >= 4 is 11.6 Å². The van der Waals surface area contributed by atoms with Crippen molar-refractivity contribution in [2.75, 3.05) is 17.9 Å². The van der Waals surface area contributed by atoms with Gasteiger partial charge in [-0.2, -0.15) is 0 Å². The van der Waals surface area contributed by atoms with Crippen LogP contribution >= 0.6 is 0 Å². The van der Waals surface area contributed by atoms with Crippen molar-refractivity contribution in [3.63, 3.8) is 0 Å². The SMILES string of the molecule is COc1c(NN)ncnc1NC(C)C(C)(C)C. The van der Waals surface area contributed by atoms with E-state index in [1.54, 1.807) is 7.11 Å². The summed E-state index contributed by atoms with van der Waals surface area (Å²) in [6.45, 7) is 8.55. The molecule has 0 saturated heterocycles. The minimum absolute atomic E-state index is 0.117. The van der Waals surface area contributed by atoms with Crippen molar-refractivity contribution in [3.05, 3.63) is 6.33 Å². The van der Waals surface area contributed by atoms with Crippen LogP contribution < -0.4 is 21.3 Å². The first kappa shape index (κ1) is 13.5. The number of aromatic nitrogens is 2. The molecule has 96 valence electrons. The second-order valence-electron chi connectivity index (χ2n) is 4.98. The summed E-state index contributed by atoms with van der Waals surface area (Å²) in [5.74, 6) is 6.98. The summed E-state index contributed by atoms with van der Waals surface area (Å²) in [4.78, 5) is 8.15. The zero-order valence-electron chi connectivity index (χ0n) is 11.0. The van der Waals surface area contributed by atoms with Crippen molar-refractivity contribution in [1.29, 1.82) is 0 Å². The first-order valence-corrected chi connectivity index (χ1v) is 5.52. The molecular weight excluding hydrogens is 218 g/mol. The van der Waals surface area contributed by atoms with E-state index in [4.69, 9.17) is 10.6 Å². The number of rotatable bonds is 4. The molecule has 0 saturated carbocycles. The minimum Gasteiger partial charge on any atom is -0.490 e. The average molecular weight is 239 g/mol. The summed E-state index contributed by atoms with van der Waals surface area (Å²) in [5.41, 5.74) is 2.60. The van der Waals surface area contributed by atoms with Gasteiger partial charge in [0.1, 0.15) is 6.33 Å². The predicted octanol–water partition coefficient (Wildman–Crippen LogP) is 1.62. The van der Waals surface area contributed by atoms with Crippen LogP contribution in [0.15, 0.2) is 6.33 Å². The van der Waals surface area contributed by atoms with Crippen LogP contribution in [0.25, 0.3) is 0 Å². The fraction of sp³-hybridized carbons (Fsp3) is 0.636. The highest BCUT2D eigenvalue weighted by Gasteiger charge is 2.22. The summed E-state index contributed by atoms with van der Waals surface area (Å²) < 4.78 is 5.25. The lowest BCUT2D eigenvalue weighted by Gasteiger charge is -2.29. The molecule has 1 aromatic heterocycles. The summed E-state index contributed by atoms with van der Waals surface area (Å²) in [6, 6.07) is 0.233. The molecule has 6 nitrogen and oxygen atoms in total. The van der Waals surface area contributed by atoms with Crippen LogP contribution in [-0.2, 0) is 0 Å². The molecule has 6 heteroatoms. The topological polar surface area (TPSA) is 85.1 Å². The van der Waals surface area contributed by atoms with Gasteiger partial charge in [-0.25, -0.2) is 15.8 Å². The Balaban J connectivity index is 2.98. The molecule has 1 unspecified atom stereocenters. The van der Waals surface area contributed by atoms with Crippen molar-refractivity contribution in [2.24, 2.45) is 11.3 Å². The zero-order chi connectivity index (χ0) is 13.1. The van der Waals surface area contributed by atoms with Gasteiger partial charge in [0.05, 0.1) is 7.11 Å². The molecule has 4 N–H and O–H groups in total. The van der Waals surface area contributed by atoms with Crippen molar-refractivity contribution in [3.8, 4) is 5.75 Å². The molecule has 1 heterocycles. The second kappa shape index (κ2) is 5.18. The molecule has 0 aliphatic rings. The smallest absolute Gasteiger partial charge is 0.205 e. The molecule has 0 aromatic carbocycles. The number of ether oxygens (including phenoxy) is 1. The van der Waals surface area contributed by atoms with Gasteiger partial charge in [-0.05, 0) is 12.3 Å². The Hall–Kier alpha value is -1.56. The van der Waals surface area contributed by atoms with E-state index in [9.17, 15) is 0 Å². The number of hydrogen-bond donors (Lipinski definition) is 3. The Morgan fingerprint density at radius 1 is 1.29 bits per heavy atom. The minimum atomic E-state index is 0.117. The number of nitrogens with one attached hydrogen (secondary N) is 2. The highest BCUT2D eigenvalue weighted by Crippen LogP contribution is 2.31. The second-order valence-corrected chi connectivity index (χ2v) is 4.98. The predicted molar refractivity (Wildman–Crippen MR) is 68.9 cm³/mol. The fourth-order valence-electron chi connectivity index (χ4n) is 1.19. The summed E-state index contributed by atoms with van der Waals surface area (Å²) in [5, 5.41) is 3.30. The molecular formula is C11H21N5O. The van der Waals surface area contributed by atoms with Gasteiger partial charge in [0.2, 0.25) is 5.75 Å². The number of nitrogens with two attached hydrogens (primary N) is 1. The molecule has 1 atom stereocenters. The van der Waals surface area contributed by atoms with E-state index in [1.165, 1.54) is 6.33 Å². The zero-order valence-corrected chi connectivity index (χ0v) is 11.0. The van der Waals surface area contributed by atoms with Gasteiger partial charge < -0.3 is 15.5 Å². The standard InChI is InChI=1S/C11H21N5O/c1-7(11(2,3)4)15-9-8(17-5)10(16-12)14-6-13-9/h6-7H,12H2,1-5H3,(H2,13,14,15,16). The lowest BCUT2D eigenvalue weighted by atomic mass is 9.88. The maximum absolute atomic E-state index is 5.36. The van der Waals surface area contributed by atoms with Crippen molar-refractivity contribution < 1.29 is 4.74 Å². The highest BCUT2D eigenvalue weighted by molar-refractivity contribution is 5.63. The Morgan fingerprint density at radius 2 is 1.88 bits per heavy atom. The third-order valence-electron chi connectivity index (χ3n) is 2.80. The molecule has 1 rings (SSSR count). The summed E-state index contributed by atoms with van der Waals surface area (Å²) in [7, 11) is 1.56. The molecule has 0 amide bonds. The number of hydrazine groups is 1. The van der Waals surface area contributed by atoms with E-state index in [2.05, 4.69) is 48.4 Å². The number of anilines is 2. The number of hydrogen-bond acceptors (Lipinski definition) is 6. The lowest BCUT2D eigenvalue weighted by Crippen LogP contribution is -2.31. The molecule has 0 radical (unpaired) electrons. The largest absolute Gasteiger partial charge is 0.490 e. The molecule has 17 heavy (non-hydrogen) atoms. The molecule has 0 spiro atoms. The van der Waals surface area contributed by atoms with Crippen LogP contribution in [0.2, 0.25) is 0 Å².